The third kappa shape index (κ3) is 3.97. The third-order valence-corrected chi connectivity index (χ3v) is 3.44. The number of furan rings is 1. The Morgan fingerprint density at radius 3 is 2.86 bits per heavy atom. The number of hydrogen-bond donors (Lipinski definition) is 0. The van der Waals surface area contributed by atoms with E-state index in [4.69, 9.17) is 13.9 Å². The van der Waals surface area contributed by atoms with E-state index in [0.29, 0.717) is 18.1 Å². The lowest BCUT2D eigenvalue weighted by Gasteiger charge is -2.29. The molecule has 1 aromatic rings. The topological polar surface area (TPSA) is 48.7 Å². The zero-order valence-corrected chi connectivity index (χ0v) is 12.3. The lowest BCUT2D eigenvalue weighted by atomic mass is 9.99. The van der Waals surface area contributed by atoms with E-state index >= 15 is 0 Å². The first-order valence-electron chi connectivity index (χ1n) is 7.10. The Balaban J connectivity index is 2.34. The summed E-state index contributed by atoms with van der Waals surface area (Å²) in [4.78, 5) is 11.4. The predicted octanol–water partition coefficient (Wildman–Crippen LogP) is 3.85. The third-order valence-electron chi connectivity index (χ3n) is 3.44. The van der Waals surface area contributed by atoms with E-state index < -0.39 is 5.60 Å². The van der Waals surface area contributed by atoms with Gasteiger partial charge in [0.15, 0.2) is 5.76 Å². The van der Waals surface area contributed by atoms with Crippen LogP contribution in [-0.2, 0) is 14.3 Å². The molecule has 0 radical (unpaired) electrons. The van der Waals surface area contributed by atoms with Crippen LogP contribution < -0.4 is 0 Å². The van der Waals surface area contributed by atoms with Crippen molar-refractivity contribution in [2.75, 3.05) is 6.61 Å². The molecule has 112 valence electrons. The highest BCUT2D eigenvalue weighted by atomic mass is 16.6. The predicted molar refractivity (Wildman–Crippen MR) is 79.3 cm³/mol. The highest BCUT2D eigenvalue weighted by molar-refractivity contribution is 5.67. The molecular formula is C17H20O4. The van der Waals surface area contributed by atoms with Crippen molar-refractivity contribution in [3.05, 3.63) is 48.3 Å². The van der Waals surface area contributed by atoms with Crippen LogP contribution in [0.15, 0.2) is 47.0 Å². The summed E-state index contributed by atoms with van der Waals surface area (Å²) in [6, 6.07) is 3.60. The molecule has 4 nitrogen and oxygen atoms in total. The summed E-state index contributed by atoms with van der Waals surface area (Å²) >= 11 is 0. The molecule has 0 atom stereocenters. The van der Waals surface area contributed by atoms with E-state index in [1.54, 1.807) is 24.5 Å². The van der Waals surface area contributed by atoms with Crippen LogP contribution in [0.25, 0.3) is 6.08 Å². The molecule has 1 aromatic heterocycles. The molecule has 2 rings (SSSR count). The Hall–Kier alpha value is -2.03. The van der Waals surface area contributed by atoms with Gasteiger partial charge in [-0.2, -0.15) is 0 Å². The van der Waals surface area contributed by atoms with Crippen LogP contribution in [0.4, 0.5) is 0 Å². The molecule has 0 aliphatic heterocycles. The molecule has 0 aromatic carbocycles. The van der Waals surface area contributed by atoms with Gasteiger partial charge in [-0.1, -0.05) is 11.8 Å². The molecule has 1 saturated carbocycles. The first-order chi connectivity index (χ1) is 10.2. The van der Waals surface area contributed by atoms with E-state index in [0.717, 1.165) is 25.7 Å². The minimum Gasteiger partial charge on any atom is -0.464 e. The van der Waals surface area contributed by atoms with E-state index in [-0.39, 0.29) is 5.97 Å². The van der Waals surface area contributed by atoms with Crippen LogP contribution in [0.2, 0.25) is 0 Å². The summed E-state index contributed by atoms with van der Waals surface area (Å²) in [7, 11) is 0. The molecule has 0 saturated heterocycles. The van der Waals surface area contributed by atoms with Crippen LogP contribution in [0.1, 0.15) is 38.4 Å². The minimum absolute atomic E-state index is 0.376. The second kappa shape index (κ2) is 7.11. The number of carbonyl (C=O) groups is 1. The smallest absolute Gasteiger partial charge is 0.308 e. The second-order valence-corrected chi connectivity index (χ2v) is 5.03. The van der Waals surface area contributed by atoms with Gasteiger partial charge in [0, 0.05) is 13.0 Å². The Kier molecular flexibility index (Phi) is 5.20. The van der Waals surface area contributed by atoms with Crippen molar-refractivity contribution >= 4 is 12.0 Å². The molecular weight excluding hydrogens is 268 g/mol. The largest absolute Gasteiger partial charge is 0.464 e. The zero-order valence-electron chi connectivity index (χ0n) is 12.3. The summed E-state index contributed by atoms with van der Waals surface area (Å²) in [6.07, 6.45) is 8.62. The molecule has 0 unspecified atom stereocenters. The van der Waals surface area contributed by atoms with Crippen molar-refractivity contribution in [3.8, 4) is 0 Å². The molecule has 4 heteroatoms. The second-order valence-electron chi connectivity index (χ2n) is 5.03. The Morgan fingerprint density at radius 1 is 1.52 bits per heavy atom. The quantitative estimate of drug-likeness (QED) is 0.345. The summed E-state index contributed by atoms with van der Waals surface area (Å²) in [5, 5.41) is 0. The fourth-order valence-corrected chi connectivity index (χ4v) is 2.51. The first kappa shape index (κ1) is 15.4. The fraction of sp³-hybridized carbons (Fsp3) is 0.412. The van der Waals surface area contributed by atoms with Gasteiger partial charge in [0.2, 0.25) is 0 Å². The SMILES string of the molecule is C=CCOC1(C(=C=Cc2ccco2)OC(C)=O)CCCC1. The zero-order chi connectivity index (χ0) is 15.1. The van der Waals surface area contributed by atoms with Crippen LogP contribution in [-0.4, -0.2) is 18.2 Å². The standard InChI is InChI=1S/C17H20O4/c1-3-12-20-17(10-4-5-11-17)16(21-14(2)18)9-8-15-7-6-13-19-15/h3,6-8,13H,1,4-5,10-12H2,2H3. The lowest BCUT2D eigenvalue weighted by Crippen LogP contribution is -2.33. The van der Waals surface area contributed by atoms with E-state index in [9.17, 15) is 4.79 Å². The van der Waals surface area contributed by atoms with Gasteiger partial charge in [-0.15, -0.1) is 6.58 Å². The minimum atomic E-state index is -0.594. The number of rotatable bonds is 6. The highest BCUT2D eigenvalue weighted by Crippen LogP contribution is 2.39. The van der Waals surface area contributed by atoms with Gasteiger partial charge in [-0.3, -0.25) is 4.79 Å². The summed E-state index contributed by atoms with van der Waals surface area (Å²) in [5.74, 6) is 0.695. The summed E-state index contributed by atoms with van der Waals surface area (Å²) in [6.45, 7) is 5.46. The lowest BCUT2D eigenvalue weighted by molar-refractivity contribution is -0.142. The monoisotopic (exact) mass is 288 g/mol. The van der Waals surface area contributed by atoms with Crippen LogP contribution in [0.5, 0.6) is 0 Å². The van der Waals surface area contributed by atoms with Gasteiger partial charge in [-0.25, -0.2) is 0 Å². The Bertz CT molecular complexity index is 541. The average molecular weight is 288 g/mol. The molecule has 0 bridgehead atoms. The molecule has 1 heterocycles. The molecule has 0 spiro atoms. The summed E-state index contributed by atoms with van der Waals surface area (Å²) < 4.78 is 16.5. The van der Waals surface area contributed by atoms with Gasteiger partial charge >= 0.3 is 5.97 Å². The number of esters is 1. The molecule has 1 fully saturated rings. The fourth-order valence-electron chi connectivity index (χ4n) is 2.51. The van der Waals surface area contributed by atoms with Crippen molar-refractivity contribution < 1.29 is 18.7 Å². The van der Waals surface area contributed by atoms with E-state index in [1.807, 2.05) is 6.07 Å². The number of carbonyl (C=O) groups excluding carboxylic acids is 1. The van der Waals surface area contributed by atoms with Gasteiger partial charge in [0.05, 0.1) is 12.9 Å². The summed E-state index contributed by atoms with van der Waals surface area (Å²) in [5.41, 5.74) is 2.45. The number of hydrogen-bond acceptors (Lipinski definition) is 4. The van der Waals surface area contributed by atoms with Crippen LogP contribution in [0, 0.1) is 0 Å². The first-order valence-corrected chi connectivity index (χ1v) is 7.10. The molecule has 0 N–H and O–H groups in total. The average Bonchev–Trinajstić information content (AvgIpc) is 3.13. The van der Waals surface area contributed by atoms with Crippen molar-refractivity contribution in [1.29, 1.82) is 0 Å². The van der Waals surface area contributed by atoms with Crippen molar-refractivity contribution in [3.63, 3.8) is 0 Å². The van der Waals surface area contributed by atoms with Gasteiger partial charge in [-0.05, 0) is 37.8 Å². The maximum atomic E-state index is 11.4. The van der Waals surface area contributed by atoms with E-state index in [2.05, 4.69) is 12.3 Å². The molecule has 1 aliphatic carbocycles. The highest BCUT2D eigenvalue weighted by Gasteiger charge is 2.41. The number of ether oxygens (including phenoxy) is 2. The van der Waals surface area contributed by atoms with E-state index in [1.165, 1.54) is 6.92 Å². The normalized spacial score (nSPS) is 16.0. The van der Waals surface area contributed by atoms with Gasteiger partial charge < -0.3 is 13.9 Å². The molecule has 21 heavy (non-hydrogen) atoms. The van der Waals surface area contributed by atoms with Gasteiger partial charge in [0.1, 0.15) is 11.4 Å². The Morgan fingerprint density at radius 2 is 2.29 bits per heavy atom. The maximum Gasteiger partial charge on any atom is 0.308 e. The van der Waals surface area contributed by atoms with Crippen LogP contribution in [0.3, 0.4) is 0 Å². The van der Waals surface area contributed by atoms with Crippen molar-refractivity contribution in [2.24, 2.45) is 0 Å². The molecule has 1 aliphatic rings. The molecule has 0 amide bonds. The Labute approximate surface area is 124 Å². The maximum absolute atomic E-state index is 11.4. The van der Waals surface area contributed by atoms with Crippen LogP contribution >= 0.6 is 0 Å². The van der Waals surface area contributed by atoms with Crippen molar-refractivity contribution in [1.82, 2.24) is 0 Å². The van der Waals surface area contributed by atoms with Crippen molar-refractivity contribution in [2.45, 2.75) is 38.2 Å². The van der Waals surface area contributed by atoms with Gasteiger partial charge in [0.25, 0.3) is 0 Å².